The van der Waals surface area contributed by atoms with Crippen molar-refractivity contribution in [3.8, 4) is 11.1 Å². The molecular weight excluding hydrogens is 803 g/mol. The van der Waals surface area contributed by atoms with Crippen LogP contribution in [-0.2, 0) is 5.41 Å². The van der Waals surface area contributed by atoms with Crippen molar-refractivity contribution in [2.24, 2.45) is 0 Å². The zero-order valence-electron chi connectivity index (χ0n) is 36.5. The second kappa shape index (κ2) is 13.8. The highest BCUT2D eigenvalue weighted by Crippen LogP contribution is 2.51. The summed E-state index contributed by atoms with van der Waals surface area (Å²) in [6.07, 6.45) is 0. The van der Waals surface area contributed by atoms with Crippen LogP contribution in [0.15, 0.2) is 221 Å². The van der Waals surface area contributed by atoms with Gasteiger partial charge < -0.3 is 13.7 Å². The van der Waals surface area contributed by atoms with Crippen LogP contribution in [0, 0.1) is 0 Å². The molecule has 1 aliphatic carbocycles. The predicted molar refractivity (Wildman–Crippen MR) is 278 cm³/mol. The van der Waals surface area contributed by atoms with Gasteiger partial charge in [-0.25, -0.2) is 0 Å². The maximum Gasteiger partial charge on any atom is 0.143 e. The van der Waals surface area contributed by atoms with Gasteiger partial charge in [-0.2, -0.15) is 0 Å². The number of nitrogens with zero attached hydrogens (tertiary/aromatic N) is 1. The first-order chi connectivity index (χ1) is 32.5. The van der Waals surface area contributed by atoms with E-state index in [-0.39, 0.29) is 5.41 Å². The van der Waals surface area contributed by atoms with E-state index in [1.165, 1.54) is 43.8 Å². The Bertz CT molecular complexity index is 4280. The summed E-state index contributed by atoms with van der Waals surface area (Å²) in [4.78, 5) is 2.42. The molecule has 0 saturated heterocycles. The molecule has 0 bridgehead atoms. The van der Waals surface area contributed by atoms with E-state index in [1.807, 2.05) is 6.07 Å². The Balaban J connectivity index is 1.14. The third-order valence-corrected chi connectivity index (χ3v) is 14.5. The molecule has 310 valence electrons. The molecule has 1 aliphatic rings. The number of fused-ring (bicyclic) bond motifs is 20. The minimum atomic E-state index is -0.173. The Morgan fingerprint density at radius 3 is 1.44 bits per heavy atom. The van der Waals surface area contributed by atoms with E-state index < -0.39 is 0 Å². The molecule has 0 N–H and O–H groups in total. The lowest BCUT2D eigenvalue weighted by Gasteiger charge is -2.28. The van der Waals surface area contributed by atoms with Gasteiger partial charge >= 0.3 is 0 Å². The van der Waals surface area contributed by atoms with E-state index in [0.29, 0.717) is 0 Å². The lowest BCUT2D eigenvalue weighted by molar-refractivity contribution is 0.660. The molecule has 0 saturated carbocycles. The van der Waals surface area contributed by atoms with Crippen molar-refractivity contribution in [1.29, 1.82) is 0 Å². The highest BCUT2D eigenvalue weighted by molar-refractivity contribution is 6.31. The fourth-order valence-electron chi connectivity index (χ4n) is 11.4. The molecular formula is C63H41NO2. The van der Waals surface area contributed by atoms with Gasteiger partial charge in [0.05, 0.1) is 0 Å². The minimum Gasteiger partial charge on any atom is -0.456 e. The first-order valence-corrected chi connectivity index (χ1v) is 22.8. The molecule has 3 heteroatoms. The van der Waals surface area contributed by atoms with Crippen LogP contribution < -0.4 is 4.90 Å². The van der Waals surface area contributed by atoms with E-state index in [2.05, 4.69) is 225 Å². The normalized spacial score (nSPS) is 13.1. The van der Waals surface area contributed by atoms with Crippen LogP contribution in [0.5, 0.6) is 0 Å². The van der Waals surface area contributed by atoms with E-state index in [1.54, 1.807) is 0 Å². The maximum atomic E-state index is 6.94. The average Bonchev–Trinajstić information content (AvgIpc) is 4.01. The van der Waals surface area contributed by atoms with Crippen molar-refractivity contribution in [3.63, 3.8) is 0 Å². The second-order valence-corrected chi connectivity index (χ2v) is 18.3. The third-order valence-electron chi connectivity index (χ3n) is 14.5. The van der Waals surface area contributed by atoms with E-state index >= 15 is 0 Å². The van der Waals surface area contributed by atoms with Crippen LogP contribution in [0.4, 0.5) is 17.1 Å². The largest absolute Gasteiger partial charge is 0.456 e. The number of para-hydroxylation sites is 2. The summed E-state index contributed by atoms with van der Waals surface area (Å²) in [6.45, 7) is 4.71. The van der Waals surface area contributed by atoms with Gasteiger partial charge in [0.15, 0.2) is 0 Å². The zero-order chi connectivity index (χ0) is 43.7. The zero-order valence-corrected chi connectivity index (χ0v) is 36.5. The number of hydrogen-bond donors (Lipinski definition) is 0. The van der Waals surface area contributed by atoms with E-state index in [4.69, 9.17) is 8.83 Å². The summed E-state index contributed by atoms with van der Waals surface area (Å²) in [6, 6.07) is 77.5. The standard InChI is InChI=1S/C63H41NO2/c1-63(2)56-24-12-9-20-47(56)48-31-28-39(36-57(48)63)64(40-29-32-51-49-21-10-13-25-58(49)65-60(51)37-40)38-27-30-46-53-33-34-54-50-22-11-14-26-59(50)66-62(54)61(53)52-23-8-7-18-44(52)42-16-4-3-15-41(42)43-17-5-6-19-45(43)55(46)35-38/h3-37H,1-2H3. The summed E-state index contributed by atoms with van der Waals surface area (Å²) in [5.41, 5.74) is 11.8. The van der Waals surface area contributed by atoms with Crippen LogP contribution in [0.2, 0.25) is 0 Å². The Morgan fingerprint density at radius 2 is 0.727 bits per heavy atom. The van der Waals surface area contributed by atoms with Crippen molar-refractivity contribution < 1.29 is 8.83 Å². The van der Waals surface area contributed by atoms with Crippen molar-refractivity contribution in [2.45, 2.75) is 19.3 Å². The average molecular weight is 844 g/mol. The molecule has 0 fully saturated rings. The number of benzene rings is 10. The maximum absolute atomic E-state index is 6.94. The lowest BCUT2D eigenvalue weighted by Crippen LogP contribution is -2.16. The summed E-state index contributed by atoms with van der Waals surface area (Å²) in [5.74, 6) is 0. The van der Waals surface area contributed by atoms with Crippen LogP contribution >= 0.6 is 0 Å². The topological polar surface area (TPSA) is 29.5 Å². The van der Waals surface area contributed by atoms with Crippen molar-refractivity contribution >= 4 is 115 Å². The van der Waals surface area contributed by atoms with Gasteiger partial charge in [-0.15, -0.1) is 0 Å². The minimum absolute atomic E-state index is 0.173. The summed E-state index contributed by atoms with van der Waals surface area (Å²) >= 11 is 0. The smallest absolute Gasteiger partial charge is 0.143 e. The van der Waals surface area contributed by atoms with Crippen LogP contribution in [-0.4, -0.2) is 0 Å². The molecule has 0 amide bonds. The molecule has 66 heavy (non-hydrogen) atoms. The molecule has 14 rings (SSSR count). The SMILES string of the molecule is CC1(C)c2ccccc2-c2ccc(N(c3ccc4c(c3)oc3ccccc34)c3ccc4c(c3)c3ccccc3c3ccccc3c3ccccc3c3c4ccc4c5ccccc5oc43)cc21. The molecule has 0 atom stereocenters. The number of rotatable bonds is 3. The van der Waals surface area contributed by atoms with Crippen LogP contribution in [0.25, 0.3) is 109 Å². The number of hydrogen-bond acceptors (Lipinski definition) is 3. The van der Waals surface area contributed by atoms with Crippen LogP contribution in [0.3, 0.4) is 0 Å². The predicted octanol–water partition coefficient (Wildman–Crippen LogP) is 18.2. The molecule has 11 aromatic carbocycles. The van der Waals surface area contributed by atoms with Crippen molar-refractivity contribution in [3.05, 3.63) is 223 Å². The van der Waals surface area contributed by atoms with Gasteiger partial charge in [-0.05, 0) is 125 Å². The first kappa shape index (κ1) is 37.0. The van der Waals surface area contributed by atoms with Crippen molar-refractivity contribution in [2.75, 3.05) is 4.90 Å². The first-order valence-electron chi connectivity index (χ1n) is 22.8. The van der Waals surface area contributed by atoms with E-state index in [0.717, 1.165) is 93.3 Å². The van der Waals surface area contributed by atoms with Gasteiger partial charge in [0, 0.05) is 55.5 Å². The highest BCUT2D eigenvalue weighted by Gasteiger charge is 2.36. The molecule has 0 aliphatic heterocycles. The molecule has 13 aromatic rings. The van der Waals surface area contributed by atoms with Crippen molar-refractivity contribution in [1.82, 2.24) is 0 Å². The third kappa shape index (κ3) is 5.26. The number of anilines is 3. The fourth-order valence-corrected chi connectivity index (χ4v) is 11.4. The van der Waals surface area contributed by atoms with Gasteiger partial charge in [0.2, 0.25) is 0 Å². The molecule has 3 nitrogen and oxygen atoms in total. The van der Waals surface area contributed by atoms with Gasteiger partial charge in [0.1, 0.15) is 22.3 Å². The second-order valence-electron chi connectivity index (χ2n) is 18.3. The quantitative estimate of drug-likeness (QED) is 0.177. The Kier molecular flexibility index (Phi) is 7.74. The summed E-state index contributed by atoms with van der Waals surface area (Å²) in [5, 5.41) is 16.0. The Hall–Kier alpha value is -8.40. The Morgan fingerprint density at radius 1 is 0.303 bits per heavy atom. The molecule has 2 aromatic heterocycles. The monoisotopic (exact) mass is 843 g/mol. The van der Waals surface area contributed by atoms with Gasteiger partial charge in [0.25, 0.3) is 0 Å². The summed E-state index contributed by atoms with van der Waals surface area (Å²) < 4.78 is 13.5. The number of furan rings is 2. The van der Waals surface area contributed by atoms with Crippen LogP contribution in [0.1, 0.15) is 25.0 Å². The Labute approximate surface area is 380 Å². The molecule has 0 spiro atoms. The van der Waals surface area contributed by atoms with Gasteiger partial charge in [-0.3, -0.25) is 0 Å². The van der Waals surface area contributed by atoms with Gasteiger partial charge in [-0.1, -0.05) is 166 Å². The molecule has 0 unspecified atom stereocenters. The lowest BCUT2D eigenvalue weighted by atomic mass is 9.82. The summed E-state index contributed by atoms with van der Waals surface area (Å²) in [7, 11) is 0. The molecule has 0 radical (unpaired) electrons. The molecule has 2 heterocycles. The highest BCUT2D eigenvalue weighted by atomic mass is 16.3. The fraction of sp³-hybridized carbons (Fsp3) is 0.0476. The van der Waals surface area contributed by atoms with E-state index in [9.17, 15) is 0 Å².